The maximum absolute atomic E-state index is 6.08. The number of aliphatic imine (C=N–C) groups is 1. The molecule has 0 aromatic carbocycles. The Kier molecular flexibility index (Phi) is 6.17. The number of hydrogen-bond acceptors (Lipinski definition) is 3. The van der Waals surface area contributed by atoms with Crippen LogP contribution in [0.25, 0.3) is 0 Å². The summed E-state index contributed by atoms with van der Waals surface area (Å²) in [5.74, 6) is 1.67. The van der Waals surface area contributed by atoms with Gasteiger partial charge in [0.15, 0.2) is 5.96 Å². The quantitative estimate of drug-likeness (QED) is 0.368. The molecule has 1 spiro atoms. The Hall–Kier alpha value is -0.830. The minimum atomic E-state index is 0. The molecular formula is C22H36IN5O. The zero-order valence-electron chi connectivity index (χ0n) is 18.0. The number of hydrogen-bond donors (Lipinski definition) is 2. The Balaban J connectivity index is 0.00000205. The summed E-state index contributed by atoms with van der Waals surface area (Å²) >= 11 is 0. The molecule has 29 heavy (non-hydrogen) atoms. The number of nitrogens with zero attached hydrogens (tertiary/aromatic N) is 3. The fraction of sp³-hybridized carbons (Fsp3) is 0.818. The number of halogens is 1. The van der Waals surface area contributed by atoms with Gasteiger partial charge in [-0.3, -0.25) is 9.67 Å². The Morgan fingerprint density at radius 3 is 2.86 bits per heavy atom. The van der Waals surface area contributed by atoms with E-state index in [-0.39, 0.29) is 24.0 Å². The first-order chi connectivity index (χ1) is 13.6. The first-order valence-electron chi connectivity index (χ1n) is 11.4. The second kappa shape index (κ2) is 8.36. The highest BCUT2D eigenvalue weighted by atomic mass is 127. The van der Waals surface area contributed by atoms with Crippen molar-refractivity contribution in [2.75, 3.05) is 13.2 Å². The van der Waals surface area contributed by atoms with Gasteiger partial charge in [0.25, 0.3) is 0 Å². The third-order valence-electron chi connectivity index (χ3n) is 7.61. The van der Waals surface area contributed by atoms with Gasteiger partial charge in [0.05, 0.1) is 11.8 Å². The van der Waals surface area contributed by atoms with Crippen LogP contribution >= 0.6 is 24.0 Å². The van der Waals surface area contributed by atoms with E-state index in [9.17, 15) is 0 Å². The number of nitrogens with one attached hydrogen (secondary N) is 2. The molecule has 3 aliphatic carbocycles. The molecule has 2 N–H and O–H groups in total. The summed E-state index contributed by atoms with van der Waals surface area (Å²) in [7, 11) is 0. The normalized spacial score (nSPS) is 32.1. The summed E-state index contributed by atoms with van der Waals surface area (Å²) in [6, 6.07) is 1.37. The first kappa shape index (κ1) is 21.4. The lowest BCUT2D eigenvalue weighted by Crippen LogP contribution is -2.72. The van der Waals surface area contributed by atoms with Crippen molar-refractivity contribution in [1.29, 1.82) is 0 Å². The number of aromatic nitrogens is 2. The molecule has 2 heterocycles. The van der Waals surface area contributed by atoms with Gasteiger partial charge < -0.3 is 15.4 Å². The van der Waals surface area contributed by atoms with E-state index in [0.717, 1.165) is 38.4 Å². The molecule has 7 heteroatoms. The van der Waals surface area contributed by atoms with Crippen LogP contribution in [0, 0.1) is 11.3 Å². The highest BCUT2D eigenvalue weighted by molar-refractivity contribution is 14.0. The third-order valence-corrected chi connectivity index (χ3v) is 7.61. The van der Waals surface area contributed by atoms with E-state index < -0.39 is 0 Å². The Morgan fingerprint density at radius 1 is 1.34 bits per heavy atom. The minimum absolute atomic E-state index is 0. The van der Waals surface area contributed by atoms with Gasteiger partial charge in [-0.05, 0) is 58.4 Å². The van der Waals surface area contributed by atoms with Crippen molar-refractivity contribution in [2.24, 2.45) is 16.3 Å². The van der Waals surface area contributed by atoms with Gasteiger partial charge >= 0.3 is 0 Å². The molecule has 1 aromatic rings. The van der Waals surface area contributed by atoms with Crippen LogP contribution in [-0.2, 0) is 17.6 Å². The molecule has 4 aliphatic rings. The molecule has 162 valence electrons. The van der Waals surface area contributed by atoms with Crippen LogP contribution in [0.5, 0.6) is 0 Å². The SMILES string of the molecule is CCN=C(NC1CCc2cn(C(C)C)nc2C1)NC1C2CCOC2C12CCC2.I. The molecule has 0 amide bonds. The molecule has 1 aliphatic heterocycles. The van der Waals surface area contributed by atoms with E-state index >= 15 is 0 Å². The smallest absolute Gasteiger partial charge is 0.191 e. The molecule has 2 saturated carbocycles. The number of guanidine groups is 1. The predicted octanol–water partition coefficient (Wildman–Crippen LogP) is 3.45. The Morgan fingerprint density at radius 2 is 2.17 bits per heavy atom. The van der Waals surface area contributed by atoms with E-state index in [1.165, 1.54) is 36.9 Å². The summed E-state index contributed by atoms with van der Waals surface area (Å²) in [6.45, 7) is 8.25. The summed E-state index contributed by atoms with van der Waals surface area (Å²) in [6.07, 6.45) is 11.1. The van der Waals surface area contributed by atoms with Gasteiger partial charge in [-0.1, -0.05) is 6.42 Å². The number of aryl methyl sites for hydroxylation is 1. The van der Waals surface area contributed by atoms with Crippen molar-refractivity contribution in [1.82, 2.24) is 20.4 Å². The Labute approximate surface area is 191 Å². The molecule has 1 aromatic heterocycles. The first-order valence-corrected chi connectivity index (χ1v) is 11.4. The zero-order valence-corrected chi connectivity index (χ0v) is 20.3. The van der Waals surface area contributed by atoms with E-state index in [1.54, 1.807) is 0 Å². The lowest BCUT2D eigenvalue weighted by atomic mass is 9.46. The van der Waals surface area contributed by atoms with Crippen LogP contribution in [-0.4, -0.2) is 47.1 Å². The fourth-order valence-corrected chi connectivity index (χ4v) is 5.99. The highest BCUT2D eigenvalue weighted by Crippen LogP contribution is 2.62. The molecule has 4 unspecified atom stereocenters. The second-order valence-corrected chi connectivity index (χ2v) is 9.53. The van der Waals surface area contributed by atoms with Gasteiger partial charge in [-0.15, -0.1) is 24.0 Å². The second-order valence-electron chi connectivity index (χ2n) is 9.53. The van der Waals surface area contributed by atoms with E-state index in [4.69, 9.17) is 14.8 Å². The third kappa shape index (κ3) is 3.60. The van der Waals surface area contributed by atoms with Crippen molar-refractivity contribution in [3.8, 4) is 0 Å². The monoisotopic (exact) mass is 513 g/mol. The van der Waals surface area contributed by atoms with Crippen LogP contribution < -0.4 is 10.6 Å². The van der Waals surface area contributed by atoms with Crippen LogP contribution in [0.3, 0.4) is 0 Å². The van der Waals surface area contributed by atoms with Crippen molar-refractivity contribution in [3.63, 3.8) is 0 Å². The average molecular weight is 513 g/mol. The minimum Gasteiger partial charge on any atom is -0.377 e. The standard InChI is InChI=1S/C22H35N5O.HI/c1-4-23-21(25-19-17-8-11-28-20(17)22(19)9-5-10-22)24-16-7-6-15-13-27(14(2)3)26-18(15)12-16;/h13-14,16-17,19-20H,4-12H2,1-3H3,(H2,23,24,25);1H. The van der Waals surface area contributed by atoms with Gasteiger partial charge in [0, 0.05) is 55.2 Å². The highest BCUT2D eigenvalue weighted by Gasteiger charge is 2.66. The lowest BCUT2D eigenvalue weighted by Gasteiger charge is -2.63. The van der Waals surface area contributed by atoms with Gasteiger partial charge in [-0.25, -0.2) is 0 Å². The molecular weight excluding hydrogens is 477 g/mol. The lowest BCUT2D eigenvalue weighted by molar-refractivity contribution is -0.171. The summed E-state index contributed by atoms with van der Waals surface area (Å²) in [5, 5.41) is 12.4. The summed E-state index contributed by atoms with van der Waals surface area (Å²) < 4.78 is 8.19. The molecule has 0 bridgehead atoms. The van der Waals surface area contributed by atoms with Gasteiger partial charge in [-0.2, -0.15) is 5.10 Å². The molecule has 6 nitrogen and oxygen atoms in total. The number of fused-ring (bicyclic) bond motifs is 3. The molecule has 3 fully saturated rings. The fourth-order valence-electron chi connectivity index (χ4n) is 5.99. The Bertz CT molecular complexity index is 756. The largest absolute Gasteiger partial charge is 0.377 e. The van der Waals surface area contributed by atoms with Crippen molar-refractivity contribution in [3.05, 3.63) is 17.5 Å². The van der Waals surface area contributed by atoms with Crippen molar-refractivity contribution < 1.29 is 4.74 Å². The predicted molar refractivity (Wildman–Crippen MR) is 126 cm³/mol. The van der Waals surface area contributed by atoms with Crippen molar-refractivity contribution in [2.45, 2.75) is 89.9 Å². The van der Waals surface area contributed by atoms with Gasteiger partial charge in [0.1, 0.15) is 0 Å². The van der Waals surface area contributed by atoms with E-state index in [2.05, 4.69) is 42.3 Å². The maximum atomic E-state index is 6.08. The average Bonchev–Trinajstić information content (AvgIpc) is 3.23. The summed E-state index contributed by atoms with van der Waals surface area (Å²) in [4.78, 5) is 4.80. The molecule has 0 radical (unpaired) electrons. The van der Waals surface area contributed by atoms with Crippen LogP contribution in [0.4, 0.5) is 0 Å². The number of rotatable bonds is 4. The van der Waals surface area contributed by atoms with Crippen LogP contribution in [0.15, 0.2) is 11.2 Å². The topological polar surface area (TPSA) is 63.5 Å². The van der Waals surface area contributed by atoms with Crippen LogP contribution in [0.2, 0.25) is 0 Å². The number of ether oxygens (including phenoxy) is 1. The molecule has 4 atom stereocenters. The van der Waals surface area contributed by atoms with Crippen molar-refractivity contribution >= 4 is 29.9 Å². The molecule has 1 saturated heterocycles. The maximum Gasteiger partial charge on any atom is 0.191 e. The summed E-state index contributed by atoms with van der Waals surface area (Å²) in [5.41, 5.74) is 3.07. The van der Waals surface area contributed by atoms with Crippen LogP contribution in [0.1, 0.15) is 70.2 Å². The zero-order chi connectivity index (χ0) is 19.3. The van der Waals surface area contributed by atoms with E-state index in [1.807, 2.05) is 0 Å². The van der Waals surface area contributed by atoms with E-state index in [0.29, 0.717) is 35.6 Å². The molecule has 5 rings (SSSR count). The van der Waals surface area contributed by atoms with Gasteiger partial charge in [0.2, 0.25) is 0 Å².